The van der Waals surface area contributed by atoms with Crippen LogP contribution in [-0.2, 0) is 0 Å². The van der Waals surface area contributed by atoms with Gasteiger partial charge in [-0.05, 0) is 30.4 Å². The van der Waals surface area contributed by atoms with Gasteiger partial charge < -0.3 is 4.74 Å². The molecule has 1 saturated carbocycles. The second-order valence-corrected chi connectivity index (χ2v) is 6.23. The SMILES string of the molecule is CC1CCCC1C1c2ccccc2Oc2ccccc21. The standard InChI is InChI=1S/C19H20O/c1-13-7-6-10-14(13)19-15-8-2-4-11-17(15)20-18-12-5-3-9-16(18)19/h2-5,8-9,11-14,19H,6-7,10H2,1H3. The molecule has 1 heteroatoms. The zero-order chi connectivity index (χ0) is 13.5. The van der Waals surface area contributed by atoms with Gasteiger partial charge in [0.2, 0.25) is 0 Å². The summed E-state index contributed by atoms with van der Waals surface area (Å²) in [7, 11) is 0. The quantitative estimate of drug-likeness (QED) is 0.673. The van der Waals surface area contributed by atoms with Gasteiger partial charge in [0.05, 0.1) is 0 Å². The second kappa shape index (κ2) is 4.66. The number of ether oxygens (including phenoxy) is 1. The fourth-order valence-electron chi connectivity index (χ4n) is 4.08. The Kier molecular flexibility index (Phi) is 2.80. The highest BCUT2D eigenvalue weighted by Gasteiger charge is 2.37. The number of benzene rings is 2. The lowest BCUT2D eigenvalue weighted by Crippen LogP contribution is -2.20. The predicted molar refractivity (Wildman–Crippen MR) is 81.3 cm³/mol. The molecule has 1 heterocycles. The molecule has 102 valence electrons. The normalized spacial score (nSPS) is 24.9. The maximum absolute atomic E-state index is 6.10. The largest absolute Gasteiger partial charge is 0.457 e. The lowest BCUT2D eigenvalue weighted by molar-refractivity contribution is 0.345. The first-order valence-electron chi connectivity index (χ1n) is 7.70. The van der Waals surface area contributed by atoms with Gasteiger partial charge in [-0.2, -0.15) is 0 Å². The molecule has 0 amide bonds. The third-order valence-corrected chi connectivity index (χ3v) is 5.08. The van der Waals surface area contributed by atoms with Crippen LogP contribution in [0.1, 0.15) is 43.2 Å². The van der Waals surface area contributed by atoms with Crippen LogP contribution in [0.15, 0.2) is 48.5 Å². The lowest BCUT2D eigenvalue weighted by atomic mass is 9.75. The molecule has 20 heavy (non-hydrogen) atoms. The van der Waals surface area contributed by atoms with E-state index >= 15 is 0 Å². The Morgan fingerprint density at radius 1 is 0.850 bits per heavy atom. The van der Waals surface area contributed by atoms with Crippen LogP contribution >= 0.6 is 0 Å². The molecule has 0 aromatic heterocycles. The predicted octanol–water partition coefficient (Wildman–Crippen LogP) is 5.36. The molecule has 1 aliphatic heterocycles. The average Bonchev–Trinajstić information content (AvgIpc) is 2.90. The molecule has 1 fully saturated rings. The molecule has 1 nitrogen and oxygen atoms in total. The Labute approximate surface area is 120 Å². The van der Waals surface area contributed by atoms with Crippen molar-refractivity contribution in [1.82, 2.24) is 0 Å². The van der Waals surface area contributed by atoms with Crippen LogP contribution in [0.4, 0.5) is 0 Å². The minimum absolute atomic E-state index is 0.508. The number of hydrogen-bond donors (Lipinski definition) is 0. The van der Waals surface area contributed by atoms with Crippen molar-refractivity contribution in [2.45, 2.75) is 32.1 Å². The minimum atomic E-state index is 0.508. The molecule has 2 aliphatic rings. The number of fused-ring (bicyclic) bond motifs is 2. The van der Waals surface area contributed by atoms with Crippen LogP contribution in [-0.4, -0.2) is 0 Å². The van der Waals surface area contributed by atoms with Crippen molar-refractivity contribution in [1.29, 1.82) is 0 Å². The van der Waals surface area contributed by atoms with Gasteiger partial charge in [-0.3, -0.25) is 0 Å². The maximum Gasteiger partial charge on any atom is 0.131 e. The highest BCUT2D eigenvalue weighted by molar-refractivity contribution is 5.53. The summed E-state index contributed by atoms with van der Waals surface area (Å²) in [6.07, 6.45) is 4.08. The number of rotatable bonds is 1. The molecule has 1 aliphatic carbocycles. The summed E-state index contributed by atoms with van der Waals surface area (Å²) < 4.78 is 6.10. The van der Waals surface area contributed by atoms with Crippen molar-refractivity contribution in [3.05, 3.63) is 59.7 Å². The van der Waals surface area contributed by atoms with Crippen LogP contribution in [0.3, 0.4) is 0 Å². The Morgan fingerprint density at radius 2 is 1.45 bits per heavy atom. The van der Waals surface area contributed by atoms with Gasteiger partial charge in [0, 0.05) is 17.0 Å². The van der Waals surface area contributed by atoms with Crippen molar-refractivity contribution < 1.29 is 4.74 Å². The first-order chi connectivity index (χ1) is 9.84. The molecular formula is C19H20O. The van der Waals surface area contributed by atoms with E-state index in [1.807, 2.05) is 0 Å². The van der Waals surface area contributed by atoms with E-state index in [1.54, 1.807) is 0 Å². The topological polar surface area (TPSA) is 9.23 Å². The summed E-state index contributed by atoms with van der Waals surface area (Å²) in [6.45, 7) is 2.42. The van der Waals surface area contributed by atoms with Gasteiger partial charge in [-0.1, -0.05) is 56.2 Å². The number of hydrogen-bond acceptors (Lipinski definition) is 1. The molecule has 2 aromatic rings. The molecule has 0 radical (unpaired) electrons. The fourth-order valence-corrected chi connectivity index (χ4v) is 4.08. The van der Waals surface area contributed by atoms with Crippen molar-refractivity contribution in [2.24, 2.45) is 11.8 Å². The van der Waals surface area contributed by atoms with Crippen LogP contribution in [0.25, 0.3) is 0 Å². The Hall–Kier alpha value is -1.76. The summed E-state index contributed by atoms with van der Waals surface area (Å²) in [5.74, 6) is 4.17. The Balaban J connectivity index is 1.88. The average molecular weight is 264 g/mol. The highest BCUT2D eigenvalue weighted by Crippen LogP contribution is 2.52. The number of para-hydroxylation sites is 2. The second-order valence-electron chi connectivity index (χ2n) is 6.23. The highest BCUT2D eigenvalue weighted by atomic mass is 16.5. The van der Waals surface area contributed by atoms with Gasteiger partial charge in [0.15, 0.2) is 0 Å². The molecule has 0 bridgehead atoms. The van der Waals surface area contributed by atoms with E-state index in [9.17, 15) is 0 Å². The van der Waals surface area contributed by atoms with Gasteiger partial charge in [0.1, 0.15) is 11.5 Å². The lowest BCUT2D eigenvalue weighted by Gasteiger charge is -2.34. The van der Waals surface area contributed by atoms with Crippen LogP contribution in [0.5, 0.6) is 11.5 Å². The van der Waals surface area contributed by atoms with Crippen molar-refractivity contribution in [2.75, 3.05) is 0 Å². The van der Waals surface area contributed by atoms with Crippen LogP contribution in [0, 0.1) is 11.8 Å². The van der Waals surface area contributed by atoms with Gasteiger partial charge >= 0.3 is 0 Å². The molecule has 0 N–H and O–H groups in total. The Morgan fingerprint density at radius 3 is 2.00 bits per heavy atom. The fraction of sp³-hybridized carbons (Fsp3) is 0.368. The summed E-state index contributed by atoms with van der Waals surface area (Å²) in [4.78, 5) is 0. The van der Waals surface area contributed by atoms with Crippen molar-refractivity contribution in [3.63, 3.8) is 0 Å². The van der Waals surface area contributed by atoms with Gasteiger partial charge in [-0.15, -0.1) is 0 Å². The third kappa shape index (κ3) is 1.76. The summed E-state index contributed by atoms with van der Waals surface area (Å²) >= 11 is 0. The van der Waals surface area contributed by atoms with Crippen molar-refractivity contribution >= 4 is 0 Å². The molecule has 2 aromatic carbocycles. The zero-order valence-electron chi connectivity index (χ0n) is 11.9. The molecule has 2 unspecified atom stereocenters. The maximum atomic E-state index is 6.10. The van der Waals surface area contributed by atoms with E-state index in [-0.39, 0.29) is 0 Å². The van der Waals surface area contributed by atoms with Crippen LogP contribution in [0.2, 0.25) is 0 Å². The van der Waals surface area contributed by atoms with Crippen LogP contribution < -0.4 is 4.74 Å². The first-order valence-corrected chi connectivity index (χ1v) is 7.70. The molecule has 2 atom stereocenters. The van der Waals surface area contributed by atoms with Crippen molar-refractivity contribution in [3.8, 4) is 11.5 Å². The van der Waals surface area contributed by atoms with Gasteiger partial charge in [0.25, 0.3) is 0 Å². The monoisotopic (exact) mass is 264 g/mol. The van der Waals surface area contributed by atoms with E-state index in [0.29, 0.717) is 5.92 Å². The van der Waals surface area contributed by atoms with Gasteiger partial charge in [-0.25, -0.2) is 0 Å². The molecule has 0 spiro atoms. The zero-order valence-corrected chi connectivity index (χ0v) is 11.9. The molecule has 4 rings (SSSR count). The Bertz CT molecular complexity index is 586. The van der Waals surface area contributed by atoms with E-state index < -0.39 is 0 Å². The van der Waals surface area contributed by atoms with E-state index in [1.165, 1.54) is 30.4 Å². The molecule has 0 saturated heterocycles. The molecular weight excluding hydrogens is 244 g/mol. The smallest absolute Gasteiger partial charge is 0.131 e. The first kappa shape index (κ1) is 12.0. The van der Waals surface area contributed by atoms with E-state index in [4.69, 9.17) is 4.74 Å². The van der Waals surface area contributed by atoms with E-state index in [0.717, 1.165) is 23.3 Å². The van der Waals surface area contributed by atoms with E-state index in [2.05, 4.69) is 55.5 Å². The third-order valence-electron chi connectivity index (χ3n) is 5.08. The summed E-state index contributed by atoms with van der Waals surface area (Å²) in [6, 6.07) is 17.1. The minimum Gasteiger partial charge on any atom is -0.457 e. The summed E-state index contributed by atoms with van der Waals surface area (Å²) in [5.41, 5.74) is 2.76. The summed E-state index contributed by atoms with van der Waals surface area (Å²) in [5, 5.41) is 0.